The Balaban J connectivity index is 2.23. The average Bonchev–Trinajstić information content (AvgIpc) is 2.44. The van der Waals surface area contributed by atoms with E-state index in [4.69, 9.17) is 5.73 Å². The molecule has 0 aliphatic carbocycles. The van der Waals surface area contributed by atoms with Gasteiger partial charge in [0.15, 0.2) is 0 Å². The summed E-state index contributed by atoms with van der Waals surface area (Å²) in [5.41, 5.74) is 6.37. The molecule has 2 rings (SSSR count). The predicted octanol–water partition coefficient (Wildman–Crippen LogP) is 3.19. The van der Waals surface area contributed by atoms with Crippen molar-refractivity contribution in [3.8, 4) is 0 Å². The Hall–Kier alpha value is -1.53. The molecule has 1 aromatic carbocycles. The van der Waals surface area contributed by atoms with E-state index in [9.17, 15) is 8.78 Å². The lowest BCUT2D eigenvalue weighted by molar-refractivity contribution is 0.533. The van der Waals surface area contributed by atoms with Crippen LogP contribution in [-0.4, -0.2) is 16.0 Å². The third-order valence-corrected chi connectivity index (χ3v) is 3.84. The first-order valence-electron chi connectivity index (χ1n) is 6.27. The highest BCUT2D eigenvalue weighted by atomic mass is 32.2. The van der Waals surface area contributed by atoms with Crippen LogP contribution in [0.3, 0.4) is 0 Å². The van der Waals surface area contributed by atoms with Crippen molar-refractivity contribution >= 4 is 11.8 Å². The molecule has 0 bridgehead atoms. The summed E-state index contributed by atoms with van der Waals surface area (Å²) in [5, 5.41) is 0.448. The van der Waals surface area contributed by atoms with Crippen molar-refractivity contribution in [2.45, 2.75) is 35.7 Å². The van der Waals surface area contributed by atoms with E-state index in [1.54, 1.807) is 0 Å². The second-order valence-electron chi connectivity index (χ2n) is 4.41. The minimum absolute atomic E-state index is 0.0701. The van der Waals surface area contributed by atoms with Gasteiger partial charge in [-0.2, -0.15) is 0 Å². The summed E-state index contributed by atoms with van der Waals surface area (Å²) in [7, 11) is 0. The van der Waals surface area contributed by atoms with E-state index in [0.717, 1.165) is 18.2 Å². The highest BCUT2D eigenvalue weighted by Gasteiger charge is 2.14. The van der Waals surface area contributed by atoms with E-state index >= 15 is 0 Å². The van der Waals surface area contributed by atoms with Gasteiger partial charge in [0.2, 0.25) is 0 Å². The normalized spacial score (nSPS) is 12.4. The van der Waals surface area contributed by atoms with Crippen LogP contribution >= 0.6 is 11.8 Å². The molecule has 0 saturated carbocycles. The third-order valence-electron chi connectivity index (χ3n) is 2.83. The molecule has 6 heteroatoms. The molecule has 0 amide bonds. The van der Waals surface area contributed by atoms with Crippen LogP contribution in [0.15, 0.2) is 40.6 Å². The largest absolute Gasteiger partial charge is 0.327 e. The van der Waals surface area contributed by atoms with E-state index in [1.165, 1.54) is 30.7 Å². The molecule has 2 aromatic rings. The van der Waals surface area contributed by atoms with Gasteiger partial charge < -0.3 is 5.73 Å². The summed E-state index contributed by atoms with van der Waals surface area (Å²) in [6.07, 6.45) is 5.67. The van der Waals surface area contributed by atoms with Gasteiger partial charge in [0.05, 0.1) is 11.1 Å². The van der Waals surface area contributed by atoms with Crippen molar-refractivity contribution < 1.29 is 8.78 Å². The molecule has 0 aliphatic heterocycles. The van der Waals surface area contributed by atoms with Gasteiger partial charge >= 0.3 is 0 Å². The lowest BCUT2D eigenvalue weighted by Crippen LogP contribution is -2.21. The molecular weight excluding hydrogens is 280 g/mol. The summed E-state index contributed by atoms with van der Waals surface area (Å²) < 4.78 is 28.0. The van der Waals surface area contributed by atoms with Crippen molar-refractivity contribution in [2.24, 2.45) is 5.73 Å². The maximum atomic E-state index is 14.0. The minimum Gasteiger partial charge on any atom is -0.327 e. The van der Waals surface area contributed by atoms with Crippen molar-refractivity contribution in [1.29, 1.82) is 0 Å². The standard InChI is InChI=1S/C14H15F2N3S/c1-2-10(17)5-9-6-11(15)14(12(16)7-9)20-13-8-18-3-4-19-13/h3-4,6-8,10H,2,5,17H2,1H3. The minimum atomic E-state index is -0.598. The van der Waals surface area contributed by atoms with Gasteiger partial charge in [-0.15, -0.1) is 0 Å². The molecule has 20 heavy (non-hydrogen) atoms. The van der Waals surface area contributed by atoms with Crippen molar-refractivity contribution in [1.82, 2.24) is 9.97 Å². The van der Waals surface area contributed by atoms with Gasteiger partial charge in [-0.25, -0.2) is 13.8 Å². The number of aromatic nitrogens is 2. The molecule has 1 heterocycles. The van der Waals surface area contributed by atoms with Crippen LogP contribution in [0.5, 0.6) is 0 Å². The number of nitrogens with two attached hydrogens (primary N) is 1. The molecule has 0 aliphatic rings. The fourth-order valence-corrected chi connectivity index (χ4v) is 2.47. The van der Waals surface area contributed by atoms with E-state index < -0.39 is 11.6 Å². The van der Waals surface area contributed by atoms with Crippen LogP contribution in [0.4, 0.5) is 8.78 Å². The molecule has 3 nitrogen and oxygen atoms in total. The monoisotopic (exact) mass is 295 g/mol. The highest BCUT2D eigenvalue weighted by Crippen LogP contribution is 2.31. The summed E-state index contributed by atoms with van der Waals surface area (Å²) >= 11 is 0.919. The van der Waals surface area contributed by atoms with E-state index in [2.05, 4.69) is 9.97 Å². The Morgan fingerprint density at radius 1 is 1.25 bits per heavy atom. The second-order valence-corrected chi connectivity index (χ2v) is 5.44. The molecule has 0 spiro atoms. The molecule has 2 N–H and O–H groups in total. The summed E-state index contributed by atoms with van der Waals surface area (Å²) in [6.45, 7) is 1.94. The Bertz CT molecular complexity index is 555. The maximum Gasteiger partial charge on any atom is 0.140 e. The van der Waals surface area contributed by atoms with E-state index in [1.807, 2.05) is 6.92 Å². The molecule has 1 unspecified atom stereocenters. The van der Waals surface area contributed by atoms with Gasteiger partial charge in [-0.05, 0) is 30.5 Å². The first-order valence-corrected chi connectivity index (χ1v) is 7.09. The first-order chi connectivity index (χ1) is 9.60. The topological polar surface area (TPSA) is 51.8 Å². The Labute approximate surface area is 120 Å². The van der Waals surface area contributed by atoms with Crippen LogP contribution in [0.25, 0.3) is 0 Å². The zero-order chi connectivity index (χ0) is 14.5. The van der Waals surface area contributed by atoms with E-state index in [-0.39, 0.29) is 10.9 Å². The Morgan fingerprint density at radius 2 is 1.95 bits per heavy atom. The Morgan fingerprint density at radius 3 is 2.50 bits per heavy atom. The molecular formula is C14H15F2N3S. The van der Waals surface area contributed by atoms with Gasteiger partial charge in [0.25, 0.3) is 0 Å². The smallest absolute Gasteiger partial charge is 0.140 e. The van der Waals surface area contributed by atoms with Crippen molar-refractivity contribution in [3.63, 3.8) is 0 Å². The van der Waals surface area contributed by atoms with E-state index in [0.29, 0.717) is 17.0 Å². The van der Waals surface area contributed by atoms with Crippen LogP contribution in [0, 0.1) is 11.6 Å². The van der Waals surface area contributed by atoms with Gasteiger partial charge in [-0.3, -0.25) is 4.98 Å². The molecule has 106 valence electrons. The number of benzene rings is 1. The van der Waals surface area contributed by atoms with Gasteiger partial charge in [0.1, 0.15) is 16.7 Å². The predicted molar refractivity (Wildman–Crippen MR) is 74.5 cm³/mol. The number of hydrogen-bond acceptors (Lipinski definition) is 4. The average molecular weight is 295 g/mol. The van der Waals surface area contributed by atoms with Gasteiger partial charge in [0, 0.05) is 18.4 Å². The third kappa shape index (κ3) is 3.74. The van der Waals surface area contributed by atoms with Crippen LogP contribution < -0.4 is 5.73 Å². The highest BCUT2D eigenvalue weighted by molar-refractivity contribution is 7.99. The number of halogens is 2. The molecule has 0 saturated heterocycles. The van der Waals surface area contributed by atoms with Crippen molar-refractivity contribution in [2.75, 3.05) is 0 Å². The van der Waals surface area contributed by atoms with Crippen LogP contribution in [0.2, 0.25) is 0 Å². The van der Waals surface area contributed by atoms with Crippen molar-refractivity contribution in [3.05, 3.63) is 47.9 Å². The fourth-order valence-electron chi connectivity index (χ4n) is 1.72. The second kappa shape index (κ2) is 6.76. The van der Waals surface area contributed by atoms with Gasteiger partial charge in [-0.1, -0.05) is 18.7 Å². The number of nitrogens with zero attached hydrogens (tertiary/aromatic N) is 2. The summed E-state index contributed by atoms with van der Waals surface area (Å²) in [4.78, 5) is 7.78. The fraction of sp³-hybridized carbons (Fsp3) is 0.286. The van der Waals surface area contributed by atoms with Crippen LogP contribution in [-0.2, 0) is 6.42 Å². The first kappa shape index (κ1) is 14.9. The zero-order valence-corrected chi connectivity index (χ0v) is 11.8. The molecule has 1 atom stereocenters. The molecule has 0 radical (unpaired) electrons. The molecule has 1 aromatic heterocycles. The quantitative estimate of drug-likeness (QED) is 0.920. The lowest BCUT2D eigenvalue weighted by Gasteiger charge is -2.11. The number of hydrogen-bond donors (Lipinski definition) is 1. The lowest BCUT2D eigenvalue weighted by atomic mass is 10.0. The number of rotatable bonds is 5. The summed E-state index contributed by atoms with van der Waals surface area (Å²) in [5.74, 6) is -1.20. The SMILES string of the molecule is CCC(N)Cc1cc(F)c(Sc2cnccn2)c(F)c1. The molecule has 0 fully saturated rings. The summed E-state index contributed by atoms with van der Waals surface area (Å²) in [6, 6.07) is 2.57. The van der Waals surface area contributed by atoms with Crippen LogP contribution in [0.1, 0.15) is 18.9 Å². The zero-order valence-electron chi connectivity index (χ0n) is 11.0. The maximum absolute atomic E-state index is 14.0. The Kier molecular flexibility index (Phi) is 5.03.